The lowest BCUT2D eigenvalue weighted by Gasteiger charge is -2.08. The third-order valence-electron chi connectivity index (χ3n) is 3.37. The molecule has 0 aliphatic heterocycles. The maximum atomic E-state index is 14.1. The smallest absolute Gasteiger partial charge is 0.276 e. The highest BCUT2D eigenvalue weighted by atomic mass is 35.5. The lowest BCUT2D eigenvalue weighted by atomic mass is 10.1. The predicted molar refractivity (Wildman–Crippen MR) is 79.9 cm³/mol. The van der Waals surface area contributed by atoms with Crippen LogP contribution in [0.5, 0.6) is 0 Å². The number of nitrogens with one attached hydrogen (secondary N) is 1. The molecule has 0 bridgehead atoms. The SMILES string of the molecule is CCn1c(Cl)c(-c2cc(NC)c(F)cc2F)c(=O)n1CC. The molecule has 0 saturated carbocycles. The average Bonchev–Trinajstić information content (AvgIpc) is 2.69. The van der Waals surface area contributed by atoms with Gasteiger partial charge in [-0.15, -0.1) is 0 Å². The van der Waals surface area contributed by atoms with Crippen molar-refractivity contribution in [2.45, 2.75) is 26.9 Å². The van der Waals surface area contributed by atoms with Gasteiger partial charge in [0.05, 0.1) is 11.3 Å². The van der Waals surface area contributed by atoms with E-state index >= 15 is 0 Å². The molecular weight excluding hydrogens is 300 g/mol. The average molecular weight is 316 g/mol. The second-order valence-corrected chi connectivity index (χ2v) is 4.82. The molecule has 4 nitrogen and oxygen atoms in total. The van der Waals surface area contributed by atoms with Gasteiger partial charge >= 0.3 is 0 Å². The maximum Gasteiger partial charge on any atom is 0.276 e. The summed E-state index contributed by atoms with van der Waals surface area (Å²) in [7, 11) is 1.52. The molecule has 1 heterocycles. The molecule has 1 N–H and O–H groups in total. The molecule has 0 saturated heterocycles. The van der Waals surface area contributed by atoms with Gasteiger partial charge in [0.2, 0.25) is 0 Å². The molecular formula is C14H16ClF2N3O. The molecule has 0 amide bonds. The number of hydrogen-bond donors (Lipinski definition) is 1. The molecule has 2 aromatic rings. The van der Waals surface area contributed by atoms with Crippen molar-refractivity contribution in [2.24, 2.45) is 0 Å². The van der Waals surface area contributed by atoms with E-state index in [1.54, 1.807) is 11.6 Å². The standard InChI is InChI=1S/C14H16ClF2N3O/c1-4-19-13(15)12(14(21)20(19)5-2)8-6-11(18-3)10(17)7-9(8)16/h6-7,18H,4-5H2,1-3H3. The van der Waals surface area contributed by atoms with Gasteiger partial charge in [-0.3, -0.25) is 9.48 Å². The lowest BCUT2D eigenvalue weighted by Crippen LogP contribution is -2.22. The summed E-state index contributed by atoms with van der Waals surface area (Å²) in [4.78, 5) is 12.4. The first-order valence-corrected chi connectivity index (χ1v) is 7.00. The Morgan fingerprint density at radius 3 is 2.24 bits per heavy atom. The van der Waals surface area contributed by atoms with Gasteiger partial charge in [0.25, 0.3) is 5.56 Å². The summed E-state index contributed by atoms with van der Waals surface area (Å²) < 4.78 is 30.6. The van der Waals surface area contributed by atoms with E-state index in [9.17, 15) is 13.6 Å². The molecule has 0 fully saturated rings. The number of benzene rings is 1. The lowest BCUT2D eigenvalue weighted by molar-refractivity contribution is 0.477. The van der Waals surface area contributed by atoms with Gasteiger partial charge in [0, 0.05) is 31.8 Å². The van der Waals surface area contributed by atoms with Crippen LogP contribution in [-0.4, -0.2) is 16.4 Å². The minimum atomic E-state index is -0.818. The van der Waals surface area contributed by atoms with E-state index in [0.717, 1.165) is 6.07 Å². The summed E-state index contributed by atoms with van der Waals surface area (Å²) in [5.41, 5.74) is -0.245. The zero-order chi connectivity index (χ0) is 15.7. The van der Waals surface area contributed by atoms with Crippen LogP contribution >= 0.6 is 11.6 Å². The highest BCUT2D eigenvalue weighted by Crippen LogP contribution is 2.31. The zero-order valence-corrected chi connectivity index (χ0v) is 12.8. The Kier molecular flexibility index (Phi) is 4.37. The molecule has 0 radical (unpaired) electrons. The van der Waals surface area contributed by atoms with Gasteiger partial charge in [-0.1, -0.05) is 11.6 Å². The van der Waals surface area contributed by atoms with Crippen LogP contribution < -0.4 is 10.9 Å². The predicted octanol–water partition coefficient (Wildman–Crippen LogP) is 3.33. The van der Waals surface area contributed by atoms with Gasteiger partial charge in [-0.2, -0.15) is 0 Å². The zero-order valence-electron chi connectivity index (χ0n) is 12.0. The topological polar surface area (TPSA) is 39.0 Å². The van der Waals surface area contributed by atoms with E-state index in [2.05, 4.69) is 5.32 Å². The normalized spacial score (nSPS) is 11.0. The van der Waals surface area contributed by atoms with Crippen molar-refractivity contribution in [1.82, 2.24) is 9.36 Å². The third kappa shape index (κ3) is 2.44. The summed E-state index contributed by atoms with van der Waals surface area (Å²) in [6.07, 6.45) is 0. The van der Waals surface area contributed by atoms with Crippen molar-refractivity contribution in [2.75, 3.05) is 12.4 Å². The fraction of sp³-hybridized carbons (Fsp3) is 0.357. The number of rotatable bonds is 4. The first-order chi connectivity index (χ1) is 9.96. The second-order valence-electron chi connectivity index (χ2n) is 4.46. The summed E-state index contributed by atoms with van der Waals surface area (Å²) in [6, 6.07) is 2.00. The largest absolute Gasteiger partial charge is 0.386 e. The van der Waals surface area contributed by atoms with Gasteiger partial charge in [0.1, 0.15) is 16.8 Å². The Labute approximate surface area is 125 Å². The van der Waals surface area contributed by atoms with Crippen molar-refractivity contribution in [3.63, 3.8) is 0 Å². The van der Waals surface area contributed by atoms with Crippen molar-refractivity contribution in [3.8, 4) is 11.1 Å². The van der Waals surface area contributed by atoms with Gasteiger partial charge in [0.15, 0.2) is 0 Å². The summed E-state index contributed by atoms with van der Waals surface area (Å²) in [6.45, 7) is 4.52. The molecule has 0 atom stereocenters. The minimum Gasteiger partial charge on any atom is -0.386 e. The molecule has 21 heavy (non-hydrogen) atoms. The highest BCUT2D eigenvalue weighted by molar-refractivity contribution is 6.32. The molecule has 0 aliphatic carbocycles. The van der Waals surface area contributed by atoms with E-state index in [4.69, 9.17) is 11.6 Å². The van der Waals surface area contributed by atoms with Gasteiger partial charge in [-0.25, -0.2) is 13.5 Å². The summed E-state index contributed by atoms with van der Waals surface area (Å²) >= 11 is 6.22. The molecule has 2 rings (SSSR count). The summed E-state index contributed by atoms with van der Waals surface area (Å²) in [5.74, 6) is -1.54. The van der Waals surface area contributed by atoms with Crippen LogP contribution in [0.25, 0.3) is 11.1 Å². The molecule has 1 aromatic carbocycles. The summed E-state index contributed by atoms with van der Waals surface area (Å²) in [5, 5.41) is 2.77. The van der Waals surface area contributed by atoms with Crippen LogP contribution in [0.3, 0.4) is 0 Å². The fourth-order valence-electron chi connectivity index (χ4n) is 2.34. The van der Waals surface area contributed by atoms with Crippen LogP contribution in [-0.2, 0) is 13.1 Å². The van der Waals surface area contributed by atoms with E-state index < -0.39 is 17.2 Å². The number of nitrogens with zero attached hydrogens (tertiary/aromatic N) is 2. The van der Waals surface area contributed by atoms with Gasteiger partial charge in [-0.05, 0) is 19.9 Å². The molecule has 114 valence electrons. The van der Waals surface area contributed by atoms with Crippen molar-refractivity contribution in [3.05, 3.63) is 39.3 Å². The Bertz CT molecular complexity index is 737. The van der Waals surface area contributed by atoms with Gasteiger partial charge < -0.3 is 5.32 Å². The van der Waals surface area contributed by atoms with Crippen LogP contribution in [0, 0.1) is 11.6 Å². The third-order valence-corrected chi connectivity index (χ3v) is 3.75. The molecule has 7 heteroatoms. The van der Waals surface area contributed by atoms with Crippen molar-refractivity contribution >= 4 is 17.3 Å². The first-order valence-electron chi connectivity index (χ1n) is 6.62. The fourth-order valence-corrected chi connectivity index (χ4v) is 2.74. The Balaban J connectivity index is 2.79. The number of aromatic nitrogens is 2. The number of anilines is 1. The number of hydrogen-bond acceptors (Lipinski definition) is 2. The van der Waals surface area contributed by atoms with E-state index in [1.165, 1.54) is 17.8 Å². The Morgan fingerprint density at radius 2 is 1.76 bits per heavy atom. The number of halogens is 3. The van der Waals surface area contributed by atoms with E-state index in [1.807, 2.05) is 6.92 Å². The second kappa shape index (κ2) is 5.89. The quantitative estimate of drug-likeness (QED) is 0.940. The first kappa shape index (κ1) is 15.6. The van der Waals surface area contributed by atoms with E-state index in [0.29, 0.717) is 13.1 Å². The van der Waals surface area contributed by atoms with Crippen molar-refractivity contribution in [1.29, 1.82) is 0 Å². The molecule has 0 unspecified atom stereocenters. The molecule has 1 aromatic heterocycles. The Hall–Kier alpha value is -1.82. The highest BCUT2D eigenvalue weighted by Gasteiger charge is 2.22. The van der Waals surface area contributed by atoms with E-state index in [-0.39, 0.29) is 22.0 Å². The Morgan fingerprint density at radius 1 is 1.14 bits per heavy atom. The van der Waals surface area contributed by atoms with Crippen molar-refractivity contribution < 1.29 is 8.78 Å². The molecule has 0 aliphatic rings. The van der Waals surface area contributed by atoms with Crippen LogP contribution in [0.4, 0.5) is 14.5 Å². The van der Waals surface area contributed by atoms with Crippen LogP contribution in [0.1, 0.15) is 13.8 Å². The van der Waals surface area contributed by atoms with Crippen LogP contribution in [0.2, 0.25) is 5.15 Å². The minimum absolute atomic E-state index is 0.00912. The monoisotopic (exact) mass is 315 g/mol. The maximum absolute atomic E-state index is 14.1. The molecule has 0 spiro atoms. The van der Waals surface area contributed by atoms with Crippen LogP contribution in [0.15, 0.2) is 16.9 Å².